The number of nitrogens with two attached hydrogens (primary N) is 1. The number of morpholine rings is 1. The van der Waals surface area contributed by atoms with E-state index >= 15 is 0 Å². The Morgan fingerprint density at radius 2 is 2.00 bits per heavy atom. The summed E-state index contributed by atoms with van der Waals surface area (Å²) in [5, 5.41) is 0. The maximum atomic E-state index is 6.01. The van der Waals surface area contributed by atoms with Crippen molar-refractivity contribution < 1.29 is 9.15 Å². The molecule has 4 nitrogen and oxygen atoms in total. The van der Waals surface area contributed by atoms with Gasteiger partial charge in [-0.1, -0.05) is 30.3 Å². The first-order chi connectivity index (χ1) is 10.3. The van der Waals surface area contributed by atoms with E-state index in [1.165, 1.54) is 5.56 Å². The Bertz CT molecular complexity index is 539. The molecule has 1 aromatic heterocycles. The number of furan rings is 1. The van der Waals surface area contributed by atoms with Gasteiger partial charge in [0.05, 0.1) is 25.0 Å². The van der Waals surface area contributed by atoms with Crippen molar-refractivity contribution >= 4 is 0 Å². The number of hydrogen-bond acceptors (Lipinski definition) is 4. The largest absolute Gasteiger partial charge is 0.467 e. The average Bonchev–Trinajstić information content (AvgIpc) is 3.03. The summed E-state index contributed by atoms with van der Waals surface area (Å²) < 4.78 is 11.5. The summed E-state index contributed by atoms with van der Waals surface area (Å²) in [5.41, 5.74) is 7.25. The highest BCUT2D eigenvalue weighted by Crippen LogP contribution is 2.30. The highest BCUT2D eigenvalue weighted by atomic mass is 16.5. The Kier molecular flexibility index (Phi) is 4.39. The highest BCUT2D eigenvalue weighted by Gasteiger charge is 2.31. The van der Waals surface area contributed by atoms with Gasteiger partial charge in [0.15, 0.2) is 0 Å². The number of benzene rings is 1. The molecule has 0 spiro atoms. The van der Waals surface area contributed by atoms with Crippen LogP contribution in [0.3, 0.4) is 0 Å². The first-order valence-electron chi connectivity index (χ1n) is 7.45. The van der Waals surface area contributed by atoms with Crippen molar-refractivity contribution in [1.82, 2.24) is 4.90 Å². The van der Waals surface area contributed by atoms with Crippen molar-refractivity contribution in [3.05, 3.63) is 60.1 Å². The van der Waals surface area contributed by atoms with Crippen LogP contribution in [0, 0.1) is 0 Å². The van der Waals surface area contributed by atoms with Crippen LogP contribution in [0.15, 0.2) is 53.1 Å². The van der Waals surface area contributed by atoms with Crippen LogP contribution < -0.4 is 5.73 Å². The fourth-order valence-electron chi connectivity index (χ4n) is 2.89. The van der Waals surface area contributed by atoms with Crippen LogP contribution in [-0.2, 0) is 4.74 Å². The van der Waals surface area contributed by atoms with Gasteiger partial charge in [-0.25, -0.2) is 0 Å². The molecule has 2 N–H and O–H groups in total. The zero-order valence-electron chi connectivity index (χ0n) is 12.3. The predicted molar refractivity (Wildman–Crippen MR) is 82.0 cm³/mol. The summed E-state index contributed by atoms with van der Waals surface area (Å²) in [4.78, 5) is 2.39. The second-order valence-electron chi connectivity index (χ2n) is 5.59. The molecule has 1 aliphatic heterocycles. The Morgan fingerprint density at radius 1 is 1.19 bits per heavy atom. The lowest BCUT2D eigenvalue weighted by Gasteiger charge is -2.39. The van der Waals surface area contributed by atoms with Gasteiger partial charge >= 0.3 is 0 Å². The summed E-state index contributed by atoms with van der Waals surface area (Å²) >= 11 is 0. The van der Waals surface area contributed by atoms with Gasteiger partial charge in [-0.3, -0.25) is 4.90 Å². The van der Waals surface area contributed by atoms with E-state index < -0.39 is 0 Å². The van der Waals surface area contributed by atoms with E-state index in [2.05, 4.69) is 29.2 Å². The summed E-state index contributed by atoms with van der Waals surface area (Å²) in [5.74, 6) is 0.964. The van der Waals surface area contributed by atoms with Crippen molar-refractivity contribution in [3.63, 3.8) is 0 Å². The molecule has 2 aromatic rings. The monoisotopic (exact) mass is 286 g/mol. The Balaban J connectivity index is 1.89. The number of rotatable bonds is 4. The molecule has 1 fully saturated rings. The quantitative estimate of drug-likeness (QED) is 0.938. The summed E-state index contributed by atoms with van der Waals surface area (Å²) in [6.07, 6.45) is 1.80. The van der Waals surface area contributed by atoms with Gasteiger partial charge in [-0.2, -0.15) is 0 Å². The minimum Gasteiger partial charge on any atom is -0.467 e. The normalized spacial score (nSPS) is 22.9. The molecular weight excluding hydrogens is 264 g/mol. The van der Waals surface area contributed by atoms with Gasteiger partial charge in [0.25, 0.3) is 0 Å². The molecule has 3 atom stereocenters. The van der Waals surface area contributed by atoms with Crippen LogP contribution in [0.5, 0.6) is 0 Å². The number of ether oxygens (including phenoxy) is 1. The maximum Gasteiger partial charge on any atom is 0.125 e. The van der Waals surface area contributed by atoms with Gasteiger partial charge in [0, 0.05) is 19.1 Å². The van der Waals surface area contributed by atoms with Crippen molar-refractivity contribution in [2.45, 2.75) is 25.1 Å². The van der Waals surface area contributed by atoms with E-state index in [0.717, 1.165) is 18.8 Å². The summed E-state index contributed by atoms with van der Waals surface area (Å²) in [7, 11) is 0. The molecule has 21 heavy (non-hydrogen) atoms. The molecule has 0 amide bonds. The maximum absolute atomic E-state index is 6.01. The first kappa shape index (κ1) is 14.3. The van der Waals surface area contributed by atoms with Crippen molar-refractivity contribution in [1.29, 1.82) is 0 Å². The molecule has 0 saturated carbocycles. The van der Waals surface area contributed by atoms with Crippen molar-refractivity contribution in [2.75, 3.05) is 19.7 Å². The topological polar surface area (TPSA) is 51.6 Å². The molecule has 1 aliphatic rings. The lowest BCUT2D eigenvalue weighted by atomic mass is 10.0. The standard InChI is InChI=1S/C17H22N2O2/c1-13(18)16-12-19(9-11-21-16)17(15-8-5-10-20-15)14-6-3-2-4-7-14/h2-8,10,13,16-17H,9,11-12,18H2,1H3. The highest BCUT2D eigenvalue weighted by molar-refractivity contribution is 5.26. The fraction of sp³-hybridized carbons (Fsp3) is 0.412. The molecule has 112 valence electrons. The van der Waals surface area contributed by atoms with E-state index in [9.17, 15) is 0 Å². The molecule has 1 aromatic carbocycles. The Morgan fingerprint density at radius 3 is 2.67 bits per heavy atom. The third-order valence-corrected chi connectivity index (χ3v) is 4.00. The minimum absolute atomic E-state index is 0.0285. The number of nitrogens with zero attached hydrogens (tertiary/aromatic N) is 1. The molecule has 0 radical (unpaired) electrons. The molecule has 1 saturated heterocycles. The third kappa shape index (κ3) is 3.18. The van der Waals surface area contributed by atoms with E-state index in [-0.39, 0.29) is 18.2 Å². The van der Waals surface area contributed by atoms with E-state index in [1.54, 1.807) is 6.26 Å². The SMILES string of the molecule is CC(N)C1CN(C(c2ccccc2)c2ccco2)CCO1. The summed E-state index contributed by atoms with van der Waals surface area (Å²) in [6.45, 7) is 4.40. The lowest BCUT2D eigenvalue weighted by molar-refractivity contribution is -0.0492. The van der Waals surface area contributed by atoms with Crippen molar-refractivity contribution in [2.24, 2.45) is 5.73 Å². The van der Waals surface area contributed by atoms with Crippen LogP contribution in [-0.4, -0.2) is 36.7 Å². The Hall–Kier alpha value is -1.62. The van der Waals surface area contributed by atoms with E-state index in [1.807, 2.05) is 25.1 Å². The second-order valence-corrected chi connectivity index (χ2v) is 5.59. The summed E-state index contributed by atoms with van der Waals surface area (Å²) in [6, 6.07) is 14.6. The first-order valence-corrected chi connectivity index (χ1v) is 7.45. The van der Waals surface area contributed by atoms with E-state index in [4.69, 9.17) is 14.9 Å². The van der Waals surface area contributed by atoms with Crippen molar-refractivity contribution in [3.8, 4) is 0 Å². The van der Waals surface area contributed by atoms with E-state index in [0.29, 0.717) is 6.61 Å². The van der Waals surface area contributed by atoms with Gasteiger partial charge in [-0.15, -0.1) is 0 Å². The Labute approximate surface area is 125 Å². The van der Waals surface area contributed by atoms with Gasteiger partial charge < -0.3 is 14.9 Å². The van der Waals surface area contributed by atoms with Crippen LogP contribution in [0.2, 0.25) is 0 Å². The fourth-order valence-corrected chi connectivity index (χ4v) is 2.89. The van der Waals surface area contributed by atoms with Crippen LogP contribution in [0.4, 0.5) is 0 Å². The molecule has 3 unspecified atom stereocenters. The minimum atomic E-state index is 0.0285. The molecule has 2 heterocycles. The predicted octanol–water partition coefficient (Wildman–Crippen LogP) is 2.42. The third-order valence-electron chi connectivity index (χ3n) is 4.00. The molecular formula is C17H22N2O2. The lowest BCUT2D eigenvalue weighted by Crippen LogP contribution is -2.50. The molecule has 0 aliphatic carbocycles. The molecule has 3 rings (SSSR count). The van der Waals surface area contributed by atoms with Crippen LogP contribution >= 0.6 is 0 Å². The zero-order chi connectivity index (χ0) is 14.7. The van der Waals surface area contributed by atoms with Crippen LogP contribution in [0.25, 0.3) is 0 Å². The molecule has 0 bridgehead atoms. The van der Waals surface area contributed by atoms with Gasteiger partial charge in [0.1, 0.15) is 5.76 Å². The number of hydrogen-bond donors (Lipinski definition) is 1. The zero-order valence-corrected chi connectivity index (χ0v) is 12.3. The van der Waals surface area contributed by atoms with Gasteiger partial charge in [0.2, 0.25) is 0 Å². The van der Waals surface area contributed by atoms with Crippen LogP contribution in [0.1, 0.15) is 24.3 Å². The average molecular weight is 286 g/mol. The second kappa shape index (κ2) is 6.43. The molecule has 4 heteroatoms. The van der Waals surface area contributed by atoms with Gasteiger partial charge in [-0.05, 0) is 24.6 Å². The smallest absolute Gasteiger partial charge is 0.125 e.